The second-order valence-corrected chi connectivity index (χ2v) is 8.99. The molecule has 7 heteroatoms. The number of carbonyl (C=O) groups excluding carboxylic acids is 1. The lowest BCUT2D eigenvalue weighted by molar-refractivity contribution is -0.124. The standard InChI is InChI=1S/C22H26N2O4S/c1-3-14-29(26,27)24-13-12-23-22(25)18(16-24)15-17-8-4-5-9-19(17)20-10-6-7-11-21(20)28-2/h3-11,18H,1,12-16H2,2H3,(H,23,25)/t18-/m1/s1. The first kappa shape index (κ1) is 21.1. The molecule has 0 bridgehead atoms. The van der Waals surface area contributed by atoms with Crippen LogP contribution in [0.25, 0.3) is 11.1 Å². The lowest BCUT2D eigenvalue weighted by Crippen LogP contribution is -2.38. The molecule has 1 N–H and O–H groups in total. The van der Waals surface area contributed by atoms with Gasteiger partial charge in [0.05, 0.1) is 18.8 Å². The van der Waals surface area contributed by atoms with Crippen LogP contribution in [0, 0.1) is 5.92 Å². The summed E-state index contributed by atoms with van der Waals surface area (Å²) in [5.74, 6) is 0.00987. The molecule has 6 nitrogen and oxygen atoms in total. The molecule has 0 aliphatic carbocycles. The number of ether oxygens (including phenoxy) is 1. The van der Waals surface area contributed by atoms with Crippen LogP contribution in [-0.4, -0.2) is 51.1 Å². The summed E-state index contributed by atoms with van der Waals surface area (Å²) in [6.45, 7) is 4.26. The first-order valence-corrected chi connectivity index (χ1v) is 11.1. The minimum absolute atomic E-state index is 0.129. The van der Waals surface area contributed by atoms with Crippen LogP contribution >= 0.6 is 0 Å². The topological polar surface area (TPSA) is 75.7 Å². The molecule has 1 saturated heterocycles. The van der Waals surface area contributed by atoms with Crippen molar-refractivity contribution in [2.24, 2.45) is 5.92 Å². The zero-order valence-electron chi connectivity index (χ0n) is 16.5. The summed E-state index contributed by atoms with van der Waals surface area (Å²) >= 11 is 0. The molecule has 1 fully saturated rings. The summed E-state index contributed by atoms with van der Waals surface area (Å²) in [4.78, 5) is 12.6. The average molecular weight is 415 g/mol. The first-order valence-electron chi connectivity index (χ1n) is 9.54. The van der Waals surface area contributed by atoms with E-state index >= 15 is 0 Å². The number of para-hydroxylation sites is 1. The maximum Gasteiger partial charge on any atom is 0.224 e. The number of hydrogen-bond donors (Lipinski definition) is 1. The molecule has 1 amide bonds. The molecular formula is C22H26N2O4S. The molecule has 0 radical (unpaired) electrons. The zero-order valence-corrected chi connectivity index (χ0v) is 17.3. The van der Waals surface area contributed by atoms with Gasteiger partial charge in [0.1, 0.15) is 5.75 Å². The lowest BCUT2D eigenvalue weighted by atomic mass is 9.91. The van der Waals surface area contributed by atoms with E-state index in [-0.39, 0.29) is 24.7 Å². The van der Waals surface area contributed by atoms with Gasteiger partial charge in [0.25, 0.3) is 0 Å². The quantitative estimate of drug-likeness (QED) is 0.707. The van der Waals surface area contributed by atoms with Crippen LogP contribution in [0.15, 0.2) is 61.2 Å². The summed E-state index contributed by atoms with van der Waals surface area (Å²) in [6, 6.07) is 15.6. The number of hydrogen-bond acceptors (Lipinski definition) is 4. The maximum atomic E-state index is 12.6. The Labute approximate surface area is 172 Å². The predicted octanol–water partition coefficient (Wildman–Crippen LogP) is 2.47. The van der Waals surface area contributed by atoms with Gasteiger partial charge in [-0.05, 0) is 23.6 Å². The second-order valence-electron chi connectivity index (χ2n) is 6.97. The summed E-state index contributed by atoms with van der Waals surface area (Å²) in [6.07, 6.45) is 1.81. The van der Waals surface area contributed by atoms with Crippen LogP contribution in [-0.2, 0) is 21.2 Å². The molecule has 1 aliphatic heterocycles. The van der Waals surface area contributed by atoms with Crippen molar-refractivity contribution in [3.05, 3.63) is 66.7 Å². The SMILES string of the molecule is C=CCS(=O)(=O)N1CCNC(=O)[C@H](Cc2ccccc2-c2ccccc2OC)C1. The molecule has 0 saturated carbocycles. The highest BCUT2D eigenvalue weighted by Crippen LogP contribution is 2.33. The molecule has 1 aliphatic rings. The van der Waals surface area contributed by atoms with Crippen LogP contribution < -0.4 is 10.1 Å². The van der Waals surface area contributed by atoms with Gasteiger partial charge in [-0.1, -0.05) is 48.5 Å². The number of benzene rings is 2. The van der Waals surface area contributed by atoms with Crippen molar-refractivity contribution in [1.82, 2.24) is 9.62 Å². The molecule has 0 spiro atoms. The average Bonchev–Trinajstić information content (AvgIpc) is 2.90. The van der Waals surface area contributed by atoms with E-state index in [4.69, 9.17) is 4.74 Å². The molecule has 29 heavy (non-hydrogen) atoms. The van der Waals surface area contributed by atoms with Crippen molar-refractivity contribution in [3.8, 4) is 16.9 Å². The van der Waals surface area contributed by atoms with Crippen molar-refractivity contribution in [2.75, 3.05) is 32.5 Å². The molecule has 0 unspecified atom stereocenters. The largest absolute Gasteiger partial charge is 0.496 e. The van der Waals surface area contributed by atoms with Gasteiger partial charge in [0.15, 0.2) is 0 Å². The summed E-state index contributed by atoms with van der Waals surface area (Å²) in [7, 11) is -1.85. The van der Waals surface area contributed by atoms with Gasteiger partial charge >= 0.3 is 0 Å². The number of amides is 1. The number of sulfonamides is 1. The van der Waals surface area contributed by atoms with Crippen LogP contribution in [0.2, 0.25) is 0 Å². The maximum absolute atomic E-state index is 12.6. The van der Waals surface area contributed by atoms with Crippen LogP contribution in [0.1, 0.15) is 5.56 Å². The number of nitrogens with one attached hydrogen (secondary N) is 1. The highest BCUT2D eigenvalue weighted by molar-refractivity contribution is 7.89. The second kappa shape index (κ2) is 9.24. The Morgan fingerprint density at radius 1 is 1.17 bits per heavy atom. The minimum Gasteiger partial charge on any atom is -0.496 e. The van der Waals surface area contributed by atoms with E-state index < -0.39 is 15.9 Å². The molecule has 1 atom stereocenters. The van der Waals surface area contributed by atoms with Gasteiger partial charge in [-0.3, -0.25) is 4.79 Å². The summed E-state index contributed by atoms with van der Waals surface area (Å²) in [5, 5.41) is 2.85. The number of methoxy groups -OCH3 is 1. The van der Waals surface area contributed by atoms with Gasteiger partial charge in [0.2, 0.25) is 15.9 Å². The van der Waals surface area contributed by atoms with E-state index in [1.807, 2.05) is 48.5 Å². The van der Waals surface area contributed by atoms with Gasteiger partial charge in [-0.2, -0.15) is 4.31 Å². The van der Waals surface area contributed by atoms with Crippen LogP contribution in [0.5, 0.6) is 5.75 Å². The monoisotopic (exact) mass is 414 g/mol. The Balaban J connectivity index is 1.92. The highest BCUT2D eigenvalue weighted by atomic mass is 32.2. The van der Waals surface area contributed by atoms with Gasteiger partial charge in [0, 0.05) is 25.2 Å². The van der Waals surface area contributed by atoms with Crippen LogP contribution in [0.3, 0.4) is 0 Å². The number of rotatable bonds is 7. The van der Waals surface area contributed by atoms with Crippen molar-refractivity contribution in [3.63, 3.8) is 0 Å². The fourth-order valence-corrected chi connectivity index (χ4v) is 4.91. The van der Waals surface area contributed by atoms with Gasteiger partial charge < -0.3 is 10.1 Å². The Hall–Kier alpha value is -2.64. The van der Waals surface area contributed by atoms with Crippen molar-refractivity contribution >= 4 is 15.9 Å². The van der Waals surface area contributed by atoms with E-state index in [2.05, 4.69) is 11.9 Å². The van der Waals surface area contributed by atoms with E-state index in [0.717, 1.165) is 22.4 Å². The molecule has 1 heterocycles. The third-order valence-electron chi connectivity index (χ3n) is 5.06. The van der Waals surface area contributed by atoms with E-state index in [0.29, 0.717) is 13.0 Å². The predicted molar refractivity (Wildman–Crippen MR) is 114 cm³/mol. The molecule has 2 aromatic carbocycles. The van der Waals surface area contributed by atoms with Crippen molar-refractivity contribution in [1.29, 1.82) is 0 Å². The zero-order chi connectivity index (χ0) is 20.9. The van der Waals surface area contributed by atoms with Gasteiger partial charge in [-0.15, -0.1) is 6.58 Å². The van der Waals surface area contributed by atoms with Crippen LogP contribution in [0.4, 0.5) is 0 Å². The fourth-order valence-electron chi connectivity index (χ4n) is 3.63. The van der Waals surface area contributed by atoms with E-state index in [1.54, 1.807) is 7.11 Å². The summed E-state index contributed by atoms with van der Waals surface area (Å²) in [5.41, 5.74) is 2.89. The molecule has 2 aromatic rings. The van der Waals surface area contributed by atoms with Crippen molar-refractivity contribution in [2.45, 2.75) is 6.42 Å². The number of nitrogens with zero attached hydrogens (tertiary/aromatic N) is 1. The lowest BCUT2D eigenvalue weighted by Gasteiger charge is -2.23. The summed E-state index contributed by atoms with van der Waals surface area (Å²) < 4.78 is 31.9. The molecule has 0 aromatic heterocycles. The highest BCUT2D eigenvalue weighted by Gasteiger charge is 2.31. The Bertz CT molecular complexity index is 988. The Morgan fingerprint density at radius 3 is 2.59 bits per heavy atom. The molecule has 154 valence electrons. The van der Waals surface area contributed by atoms with E-state index in [9.17, 15) is 13.2 Å². The Morgan fingerprint density at radius 2 is 1.86 bits per heavy atom. The fraction of sp³-hybridized carbons (Fsp3) is 0.318. The van der Waals surface area contributed by atoms with E-state index in [1.165, 1.54) is 10.4 Å². The smallest absolute Gasteiger partial charge is 0.224 e. The third-order valence-corrected chi connectivity index (χ3v) is 6.83. The Kier molecular flexibility index (Phi) is 6.71. The third kappa shape index (κ3) is 4.86. The molecular weight excluding hydrogens is 388 g/mol. The first-order chi connectivity index (χ1) is 14.0. The number of carbonyl (C=O) groups is 1. The molecule has 3 rings (SSSR count). The normalized spacial score (nSPS) is 18.0. The minimum atomic E-state index is -3.48. The van der Waals surface area contributed by atoms with Crippen molar-refractivity contribution < 1.29 is 17.9 Å². The van der Waals surface area contributed by atoms with Gasteiger partial charge in [-0.25, -0.2) is 8.42 Å².